The Labute approximate surface area is 225 Å². The zero-order valence-electron chi connectivity index (χ0n) is 20.2. The Morgan fingerprint density at radius 2 is 1.72 bits per heavy atom. The summed E-state index contributed by atoms with van der Waals surface area (Å²) >= 11 is 0. The van der Waals surface area contributed by atoms with Crippen LogP contribution >= 0.6 is 0 Å². The Bertz CT molecular complexity index is 1590. The number of nitrogens with one attached hydrogen (secondary N) is 1. The van der Waals surface area contributed by atoms with Gasteiger partial charge in [0.05, 0.1) is 11.4 Å². The van der Waals surface area contributed by atoms with E-state index in [1.54, 1.807) is 6.07 Å². The van der Waals surface area contributed by atoms with E-state index in [4.69, 9.17) is 9.97 Å². The van der Waals surface area contributed by atoms with Crippen molar-refractivity contribution >= 4 is 39.5 Å². The molecule has 2 aromatic heterocycles. The zero-order chi connectivity index (χ0) is 24.2. The summed E-state index contributed by atoms with van der Waals surface area (Å²) < 4.78 is 0. The molecule has 0 saturated heterocycles. The average Bonchev–Trinajstić information content (AvgIpc) is 2.86. The summed E-state index contributed by atoms with van der Waals surface area (Å²) in [6.07, 6.45) is 1.87. The number of phenolic OH excluding ortho intramolecular Hbond substituents is 1. The van der Waals surface area contributed by atoms with Crippen molar-refractivity contribution in [1.29, 1.82) is 0 Å². The molecule has 1 aliphatic heterocycles. The van der Waals surface area contributed by atoms with Crippen LogP contribution in [0.2, 0.25) is 0 Å². The van der Waals surface area contributed by atoms with E-state index in [2.05, 4.69) is 67.4 Å². The number of nitrogens with zero attached hydrogens (tertiary/aromatic N) is 3. The molecule has 6 rings (SSSR count). The monoisotopic (exact) mass is 652 g/mol. The summed E-state index contributed by atoms with van der Waals surface area (Å²) in [4.78, 5) is 11.7. The molecular weight excluding hydrogens is 627 g/mol. The van der Waals surface area contributed by atoms with E-state index in [0.29, 0.717) is 5.52 Å². The first-order valence-electron chi connectivity index (χ1n) is 11.7. The third-order valence-corrected chi connectivity index (χ3v) is 6.38. The predicted octanol–water partition coefficient (Wildman–Crippen LogP) is 7.62. The van der Waals surface area contributed by atoms with E-state index in [9.17, 15) is 5.11 Å². The van der Waals surface area contributed by atoms with Crippen molar-refractivity contribution in [3.8, 4) is 17.0 Å². The molecule has 182 valence electrons. The van der Waals surface area contributed by atoms with E-state index in [1.165, 1.54) is 5.56 Å². The van der Waals surface area contributed by atoms with Gasteiger partial charge in [0.15, 0.2) is 0 Å². The van der Waals surface area contributed by atoms with Gasteiger partial charge in [0.25, 0.3) is 0 Å². The van der Waals surface area contributed by atoms with E-state index in [0.717, 1.165) is 45.2 Å². The minimum Gasteiger partial charge on any atom is -0.506 e. The van der Waals surface area contributed by atoms with Crippen LogP contribution in [0.4, 0.5) is 28.6 Å². The number of aromatic nitrogens is 2. The van der Waals surface area contributed by atoms with Crippen LogP contribution in [0.15, 0.2) is 85.1 Å². The molecule has 0 spiro atoms. The standard InChI is InChI=1S/C30H25N4O.Pt/c1-30(2,3)21-15-16-31-28(18-21)34-25-9-5-4-8-23(25)32-24-14-12-20(17-26(24)34)22-13-11-19-7-6-10-27(35)29(19)33-22;/h4-16,18,32,35H,1-3H3;/q-1;. The molecule has 6 heteroatoms. The summed E-state index contributed by atoms with van der Waals surface area (Å²) in [5, 5.41) is 14.8. The normalized spacial score (nSPS) is 12.4. The van der Waals surface area contributed by atoms with Gasteiger partial charge in [-0.05, 0) is 58.4 Å². The molecule has 0 atom stereocenters. The van der Waals surface area contributed by atoms with Gasteiger partial charge in [-0.3, -0.25) is 4.98 Å². The van der Waals surface area contributed by atoms with Crippen LogP contribution in [0.25, 0.3) is 22.2 Å². The van der Waals surface area contributed by atoms with Crippen LogP contribution in [0.1, 0.15) is 26.3 Å². The molecule has 2 N–H and O–H groups in total. The molecule has 1 aliphatic rings. The third kappa shape index (κ3) is 4.14. The fourth-order valence-corrected chi connectivity index (χ4v) is 4.48. The molecule has 0 bridgehead atoms. The van der Waals surface area contributed by atoms with Gasteiger partial charge in [0.1, 0.15) is 17.1 Å². The summed E-state index contributed by atoms with van der Waals surface area (Å²) in [6, 6.07) is 29.5. The minimum atomic E-state index is -0.00332. The van der Waals surface area contributed by atoms with Crippen molar-refractivity contribution in [3.63, 3.8) is 0 Å². The van der Waals surface area contributed by atoms with Crippen LogP contribution in [0, 0.1) is 6.07 Å². The number of aromatic hydroxyl groups is 1. The number of hydrogen-bond donors (Lipinski definition) is 2. The van der Waals surface area contributed by atoms with E-state index in [-0.39, 0.29) is 32.2 Å². The summed E-state index contributed by atoms with van der Waals surface area (Å²) in [6.45, 7) is 6.62. The Balaban J connectivity index is 0.00000267. The van der Waals surface area contributed by atoms with Gasteiger partial charge in [0, 0.05) is 32.6 Å². The second kappa shape index (κ2) is 9.07. The molecular formula is C30H25N4OPt-. The van der Waals surface area contributed by atoms with Crippen molar-refractivity contribution < 1.29 is 26.2 Å². The predicted molar refractivity (Wildman–Crippen MR) is 142 cm³/mol. The Hall–Kier alpha value is -3.69. The number of pyridine rings is 2. The molecule has 0 aliphatic carbocycles. The minimum absolute atomic E-state index is 0. The van der Waals surface area contributed by atoms with E-state index in [1.807, 2.05) is 48.7 Å². The number of benzene rings is 3. The largest absolute Gasteiger partial charge is 0.506 e. The fraction of sp³-hybridized carbons (Fsp3) is 0.133. The molecule has 0 unspecified atom stereocenters. The molecule has 0 fully saturated rings. The van der Waals surface area contributed by atoms with Crippen LogP contribution < -0.4 is 10.2 Å². The molecule has 0 radical (unpaired) electrons. The van der Waals surface area contributed by atoms with Gasteiger partial charge in [-0.15, -0.1) is 23.8 Å². The van der Waals surface area contributed by atoms with Gasteiger partial charge >= 0.3 is 0 Å². The van der Waals surface area contributed by atoms with Gasteiger partial charge in [0.2, 0.25) is 0 Å². The SMILES string of the molecule is CC(C)(C)c1ccnc(N2c3[c-]c(-c4ccc5cccc(O)c5n4)ccc3Nc3ccccc32)c1.[Pt]. The Kier molecular flexibility index (Phi) is 6.05. The number of phenols is 1. The molecule has 3 aromatic carbocycles. The van der Waals surface area contributed by atoms with Crippen LogP contribution in [-0.2, 0) is 26.5 Å². The summed E-state index contributed by atoms with van der Waals surface area (Å²) in [5.74, 6) is 1.01. The molecule has 0 saturated carbocycles. The van der Waals surface area contributed by atoms with Gasteiger partial charge < -0.3 is 15.3 Å². The van der Waals surface area contributed by atoms with Gasteiger partial charge in [-0.2, -0.15) is 0 Å². The Morgan fingerprint density at radius 1 is 0.889 bits per heavy atom. The van der Waals surface area contributed by atoms with Crippen LogP contribution in [-0.4, -0.2) is 15.1 Å². The van der Waals surface area contributed by atoms with Crippen molar-refractivity contribution in [2.24, 2.45) is 0 Å². The van der Waals surface area contributed by atoms with Crippen molar-refractivity contribution in [3.05, 3.63) is 96.7 Å². The molecule has 0 amide bonds. The topological polar surface area (TPSA) is 61.3 Å². The second-order valence-electron chi connectivity index (χ2n) is 9.81. The number of rotatable bonds is 2. The third-order valence-electron chi connectivity index (χ3n) is 6.38. The average molecular weight is 653 g/mol. The van der Waals surface area contributed by atoms with Crippen LogP contribution in [0.5, 0.6) is 5.75 Å². The van der Waals surface area contributed by atoms with Crippen molar-refractivity contribution in [2.45, 2.75) is 26.2 Å². The second-order valence-corrected chi connectivity index (χ2v) is 9.81. The quantitative estimate of drug-likeness (QED) is 0.189. The smallest absolute Gasteiger partial charge is 0.140 e. The van der Waals surface area contributed by atoms with E-state index < -0.39 is 0 Å². The van der Waals surface area contributed by atoms with Crippen molar-refractivity contribution in [2.75, 3.05) is 10.2 Å². The van der Waals surface area contributed by atoms with Gasteiger partial charge in [-0.25, -0.2) is 4.98 Å². The summed E-state index contributed by atoms with van der Waals surface area (Å²) in [7, 11) is 0. The maximum Gasteiger partial charge on any atom is 0.140 e. The molecule has 36 heavy (non-hydrogen) atoms. The van der Waals surface area contributed by atoms with Gasteiger partial charge in [-0.1, -0.05) is 57.2 Å². The number of hydrogen-bond acceptors (Lipinski definition) is 5. The maximum absolute atomic E-state index is 10.3. The molecule has 5 nitrogen and oxygen atoms in total. The number of anilines is 5. The molecule has 5 aromatic rings. The summed E-state index contributed by atoms with van der Waals surface area (Å²) in [5.41, 5.74) is 7.21. The first-order chi connectivity index (χ1) is 16.9. The fourth-order valence-electron chi connectivity index (χ4n) is 4.48. The van der Waals surface area contributed by atoms with Crippen molar-refractivity contribution in [1.82, 2.24) is 9.97 Å². The maximum atomic E-state index is 10.3. The van der Waals surface area contributed by atoms with Crippen LogP contribution in [0.3, 0.4) is 0 Å². The first kappa shape index (κ1) is 24.0. The zero-order valence-corrected chi connectivity index (χ0v) is 22.5. The Morgan fingerprint density at radius 3 is 2.56 bits per heavy atom. The first-order valence-corrected chi connectivity index (χ1v) is 11.7. The molecule has 3 heterocycles. The number of fused-ring (bicyclic) bond motifs is 3. The van der Waals surface area contributed by atoms with E-state index >= 15 is 0 Å². The number of para-hydroxylation sites is 3.